The van der Waals surface area contributed by atoms with Crippen LogP contribution in [0.1, 0.15) is 36.5 Å². The molecular weight excluding hydrogens is 311 g/mol. The molecule has 0 radical (unpaired) electrons. The van der Waals surface area contributed by atoms with Gasteiger partial charge in [0.05, 0.1) is 12.2 Å². The molecule has 0 unspecified atom stereocenters. The topological polar surface area (TPSA) is 58.6 Å². The van der Waals surface area contributed by atoms with Crippen molar-refractivity contribution in [3.05, 3.63) is 34.9 Å². The van der Waals surface area contributed by atoms with Crippen molar-refractivity contribution in [1.82, 2.24) is 5.32 Å². The summed E-state index contributed by atoms with van der Waals surface area (Å²) in [6.07, 6.45) is -3.98. The van der Waals surface area contributed by atoms with Crippen molar-refractivity contribution in [3.8, 4) is 0 Å². The molecule has 128 valence electrons. The standard InChI is InChI=1S/C14H19NO.C2HF3O2/c1-3-10-5-4-6-11-12(10)8-16-14(2)9-15-7-13(11)14;3-2(4,5)1(6)7/h4-6,13,15H,3,7-9H2,1-2H3;(H,6,7)/t13-,14+;/m1./s1. The van der Waals surface area contributed by atoms with Gasteiger partial charge in [-0.05, 0) is 30.0 Å². The molecule has 1 aromatic carbocycles. The molecule has 0 saturated carbocycles. The van der Waals surface area contributed by atoms with Crippen LogP contribution in [0.5, 0.6) is 0 Å². The lowest BCUT2D eigenvalue weighted by molar-refractivity contribution is -0.192. The third-order valence-corrected chi connectivity index (χ3v) is 4.42. The van der Waals surface area contributed by atoms with E-state index in [4.69, 9.17) is 14.6 Å². The zero-order chi connectivity index (χ0) is 17.3. The predicted octanol–water partition coefficient (Wildman–Crippen LogP) is 2.86. The van der Waals surface area contributed by atoms with Crippen LogP contribution in [0, 0.1) is 0 Å². The summed E-state index contributed by atoms with van der Waals surface area (Å²) in [5.74, 6) is -2.23. The van der Waals surface area contributed by atoms with Crippen molar-refractivity contribution < 1.29 is 27.8 Å². The normalized spacial score (nSPS) is 25.9. The van der Waals surface area contributed by atoms with E-state index in [1.54, 1.807) is 0 Å². The van der Waals surface area contributed by atoms with Crippen molar-refractivity contribution in [3.63, 3.8) is 0 Å². The summed E-state index contributed by atoms with van der Waals surface area (Å²) in [7, 11) is 0. The van der Waals surface area contributed by atoms with E-state index in [0.717, 1.165) is 26.1 Å². The molecule has 2 heterocycles. The molecule has 1 fully saturated rings. The maximum absolute atomic E-state index is 10.6. The van der Waals surface area contributed by atoms with E-state index in [9.17, 15) is 13.2 Å². The average molecular weight is 331 g/mol. The number of benzene rings is 1. The second kappa shape index (κ2) is 6.49. The Morgan fingerprint density at radius 3 is 2.70 bits per heavy atom. The van der Waals surface area contributed by atoms with Crippen molar-refractivity contribution in [2.45, 2.75) is 44.6 Å². The first-order valence-corrected chi connectivity index (χ1v) is 7.44. The molecule has 2 aliphatic rings. The van der Waals surface area contributed by atoms with E-state index < -0.39 is 12.1 Å². The molecule has 2 N–H and O–H groups in total. The van der Waals surface area contributed by atoms with Gasteiger partial charge in [0.25, 0.3) is 0 Å². The van der Waals surface area contributed by atoms with Crippen LogP contribution in [-0.4, -0.2) is 35.9 Å². The Balaban J connectivity index is 0.000000236. The van der Waals surface area contributed by atoms with Gasteiger partial charge in [-0.2, -0.15) is 13.2 Å². The first-order valence-electron chi connectivity index (χ1n) is 7.44. The molecule has 4 nitrogen and oxygen atoms in total. The largest absolute Gasteiger partial charge is 0.490 e. The summed E-state index contributed by atoms with van der Waals surface area (Å²) in [6, 6.07) is 6.71. The van der Waals surface area contributed by atoms with Gasteiger partial charge in [-0.15, -0.1) is 0 Å². The molecule has 0 bridgehead atoms. The summed E-state index contributed by atoms with van der Waals surface area (Å²) in [5.41, 5.74) is 4.42. The molecular formula is C16H20F3NO3. The molecule has 1 saturated heterocycles. The molecule has 2 atom stereocenters. The number of hydrogen-bond donors (Lipinski definition) is 2. The van der Waals surface area contributed by atoms with E-state index in [2.05, 4.69) is 37.4 Å². The quantitative estimate of drug-likeness (QED) is 0.831. The molecule has 7 heteroatoms. The van der Waals surface area contributed by atoms with Gasteiger partial charge in [0.15, 0.2) is 0 Å². The molecule has 2 aliphatic heterocycles. The number of carbonyl (C=O) groups is 1. The van der Waals surface area contributed by atoms with Gasteiger partial charge in [-0.3, -0.25) is 0 Å². The minimum atomic E-state index is -5.08. The summed E-state index contributed by atoms with van der Waals surface area (Å²) in [4.78, 5) is 8.90. The summed E-state index contributed by atoms with van der Waals surface area (Å²) >= 11 is 0. The number of carboxylic acids is 1. The number of halogens is 3. The Labute approximate surface area is 132 Å². The van der Waals surface area contributed by atoms with Crippen LogP contribution in [-0.2, 0) is 22.6 Å². The van der Waals surface area contributed by atoms with Gasteiger partial charge in [-0.25, -0.2) is 4.79 Å². The van der Waals surface area contributed by atoms with Gasteiger partial charge in [0, 0.05) is 19.0 Å². The summed E-state index contributed by atoms with van der Waals surface area (Å²) in [5, 5.41) is 10.6. The maximum atomic E-state index is 10.6. The second-order valence-corrected chi connectivity index (χ2v) is 5.93. The molecule has 1 aromatic rings. The van der Waals surface area contributed by atoms with E-state index in [-0.39, 0.29) is 5.60 Å². The highest BCUT2D eigenvalue weighted by Crippen LogP contribution is 2.42. The second-order valence-electron chi connectivity index (χ2n) is 5.93. The van der Waals surface area contributed by atoms with Gasteiger partial charge in [-0.1, -0.05) is 25.1 Å². The van der Waals surface area contributed by atoms with Gasteiger partial charge < -0.3 is 15.2 Å². The summed E-state index contributed by atoms with van der Waals surface area (Å²) < 4.78 is 37.8. The number of aryl methyl sites for hydroxylation is 1. The highest BCUT2D eigenvalue weighted by Gasteiger charge is 2.44. The average Bonchev–Trinajstić information content (AvgIpc) is 2.88. The highest BCUT2D eigenvalue weighted by molar-refractivity contribution is 5.73. The fourth-order valence-corrected chi connectivity index (χ4v) is 3.12. The molecule has 0 aliphatic carbocycles. The zero-order valence-corrected chi connectivity index (χ0v) is 13.0. The first-order chi connectivity index (χ1) is 10.7. The lowest BCUT2D eigenvalue weighted by atomic mass is 9.80. The lowest BCUT2D eigenvalue weighted by Gasteiger charge is -2.37. The van der Waals surface area contributed by atoms with Crippen molar-refractivity contribution in [2.24, 2.45) is 0 Å². The fraction of sp³-hybridized carbons (Fsp3) is 0.562. The molecule has 0 spiro atoms. The van der Waals surface area contributed by atoms with Crippen LogP contribution in [0.2, 0.25) is 0 Å². The Bertz CT molecular complexity index is 588. The van der Waals surface area contributed by atoms with Crippen LogP contribution < -0.4 is 5.32 Å². The Hall–Kier alpha value is -1.60. The third kappa shape index (κ3) is 3.67. The van der Waals surface area contributed by atoms with E-state index in [1.165, 1.54) is 16.7 Å². The fourth-order valence-electron chi connectivity index (χ4n) is 3.12. The van der Waals surface area contributed by atoms with Crippen LogP contribution in [0.3, 0.4) is 0 Å². The van der Waals surface area contributed by atoms with E-state index in [0.29, 0.717) is 5.92 Å². The minimum Gasteiger partial charge on any atom is -0.475 e. The Kier molecular flexibility index (Phi) is 5.01. The minimum absolute atomic E-state index is 0.0133. The van der Waals surface area contributed by atoms with E-state index >= 15 is 0 Å². The monoisotopic (exact) mass is 331 g/mol. The number of ether oxygens (including phenoxy) is 1. The van der Waals surface area contributed by atoms with Gasteiger partial charge in [0.1, 0.15) is 0 Å². The highest BCUT2D eigenvalue weighted by atomic mass is 19.4. The molecule has 23 heavy (non-hydrogen) atoms. The first kappa shape index (κ1) is 17.7. The van der Waals surface area contributed by atoms with Gasteiger partial charge >= 0.3 is 12.1 Å². The SMILES string of the molecule is CCc1cccc2c1CO[C@@]1(C)CNC[C@H]21.O=C(O)C(F)(F)F. The Morgan fingerprint density at radius 1 is 1.48 bits per heavy atom. The number of aliphatic carboxylic acids is 1. The number of alkyl halides is 3. The number of rotatable bonds is 1. The van der Waals surface area contributed by atoms with Crippen molar-refractivity contribution in [1.29, 1.82) is 0 Å². The van der Waals surface area contributed by atoms with Crippen LogP contribution in [0.25, 0.3) is 0 Å². The van der Waals surface area contributed by atoms with Crippen molar-refractivity contribution >= 4 is 5.97 Å². The lowest BCUT2D eigenvalue weighted by Crippen LogP contribution is -2.40. The molecule has 3 rings (SSSR count). The predicted molar refractivity (Wildman–Crippen MR) is 78.3 cm³/mol. The van der Waals surface area contributed by atoms with Crippen LogP contribution >= 0.6 is 0 Å². The van der Waals surface area contributed by atoms with Crippen LogP contribution in [0.15, 0.2) is 18.2 Å². The number of nitrogens with one attached hydrogen (secondary N) is 1. The number of hydrogen-bond acceptors (Lipinski definition) is 3. The molecule has 0 amide bonds. The summed E-state index contributed by atoms with van der Waals surface area (Å²) in [6.45, 7) is 7.27. The van der Waals surface area contributed by atoms with Gasteiger partial charge in [0.2, 0.25) is 0 Å². The molecule has 0 aromatic heterocycles. The maximum Gasteiger partial charge on any atom is 0.490 e. The van der Waals surface area contributed by atoms with Crippen molar-refractivity contribution in [2.75, 3.05) is 13.1 Å². The smallest absolute Gasteiger partial charge is 0.475 e. The number of fused-ring (bicyclic) bond motifs is 3. The third-order valence-electron chi connectivity index (χ3n) is 4.42. The van der Waals surface area contributed by atoms with E-state index in [1.807, 2.05) is 0 Å². The number of carboxylic acid groups (broad SMARTS) is 1. The zero-order valence-electron chi connectivity index (χ0n) is 13.0. The van der Waals surface area contributed by atoms with Crippen LogP contribution in [0.4, 0.5) is 13.2 Å². The Morgan fingerprint density at radius 2 is 2.13 bits per heavy atom.